The summed E-state index contributed by atoms with van der Waals surface area (Å²) < 4.78 is 0. The molecule has 0 saturated heterocycles. The number of pyridine rings is 1. The van der Waals surface area contributed by atoms with Crippen LogP contribution in [-0.2, 0) is 12.0 Å². The maximum absolute atomic E-state index is 10.7. The van der Waals surface area contributed by atoms with Crippen molar-refractivity contribution >= 4 is 5.96 Å². The van der Waals surface area contributed by atoms with Crippen molar-refractivity contribution in [3.63, 3.8) is 0 Å². The molecule has 3 N–H and O–H groups in total. The van der Waals surface area contributed by atoms with E-state index in [2.05, 4.69) is 9.98 Å². The van der Waals surface area contributed by atoms with Crippen molar-refractivity contribution in [2.75, 3.05) is 7.05 Å². The predicted octanol–water partition coefficient (Wildman–Crippen LogP) is 1.10. The Morgan fingerprint density at radius 3 is 2.57 bits per heavy atom. The molecular formula is C16H18N4O. The first kappa shape index (κ1) is 13.6. The summed E-state index contributed by atoms with van der Waals surface area (Å²) in [5.74, 6) is 0.343. The Morgan fingerprint density at radius 2 is 2.00 bits per heavy atom. The lowest BCUT2D eigenvalue weighted by molar-refractivity contribution is 0.0146. The van der Waals surface area contributed by atoms with Crippen molar-refractivity contribution < 1.29 is 5.11 Å². The molecule has 0 aliphatic carbocycles. The highest BCUT2D eigenvalue weighted by Crippen LogP contribution is 2.38. The Kier molecular flexibility index (Phi) is 3.35. The van der Waals surface area contributed by atoms with Crippen molar-refractivity contribution in [1.82, 2.24) is 9.88 Å². The molecule has 21 heavy (non-hydrogen) atoms. The summed E-state index contributed by atoms with van der Waals surface area (Å²) >= 11 is 0. The second-order valence-corrected chi connectivity index (χ2v) is 5.28. The molecule has 5 heteroatoms. The number of benzene rings is 1. The summed E-state index contributed by atoms with van der Waals surface area (Å²) in [5, 5.41) is 10.7. The first-order chi connectivity index (χ1) is 10.1. The summed E-state index contributed by atoms with van der Waals surface area (Å²) in [6.45, 7) is 0. The minimum atomic E-state index is -0.805. The van der Waals surface area contributed by atoms with E-state index in [1.54, 1.807) is 24.3 Å². The Bertz CT molecular complexity index is 644. The van der Waals surface area contributed by atoms with Gasteiger partial charge in [0.05, 0.1) is 0 Å². The normalized spacial score (nSPS) is 25.0. The topological polar surface area (TPSA) is 74.7 Å². The maximum Gasteiger partial charge on any atom is 0.194 e. The van der Waals surface area contributed by atoms with Gasteiger partial charge in [-0.15, -0.1) is 0 Å². The van der Waals surface area contributed by atoms with Gasteiger partial charge < -0.3 is 15.7 Å². The number of nitrogens with two attached hydrogens (primary N) is 1. The molecule has 0 spiro atoms. The molecule has 1 aliphatic rings. The molecule has 2 heterocycles. The first-order valence-corrected chi connectivity index (χ1v) is 6.84. The van der Waals surface area contributed by atoms with Crippen molar-refractivity contribution in [1.29, 1.82) is 0 Å². The zero-order valence-corrected chi connectivity index (χ0v) is 11.8. The van der Waals surface area contributed by atoms with Gasteiger partial charge >= 0.3 is 0 Å². The molecule has 0 saturated carbocycles. The number of nitrogens with zero attached hydrogens (tertiary/aromatic N) is 3. The molecule has 0 radical (unpaired) electrons. The number of guanidine groups is 1. The summed E-state index contributed by atoms with van der Waals surface area (Å²) in [7, 11) is 1.75. The van der Waals surface area contributed by atoms with Gasteiger partial charge in [0.1, 0.15) is 5.54 Å². The highest BCUT2D eigenvalue weighted by Gasteiger charge is 2.47. The van der Waals surface area contributed by atoms with Gasteiger partial charge in [0.15, 0.2) is 12.2 Å². The van der Waals surface area contributed by atoms with Gasteiger partial charge in [-0.2, -0.15) is 0 Å². The van der Waals surface area contributed by atoms with Crippen LogP contribution < -0.4 is 5.73 Å². The summed E-state index contributed by atoms with van der Waals surface area (Å²) in [4.78, 5) is 10.3. The molecule has 1 aliphatic heterocycles. The number of aliphatic imine (C=N–C) groups is 1. The Balaban J connectivity index is 2.09. The van der Waals surface area contributed by atoms with E-state index >= 15 is 0 Å². The molecule has 1 aromatic carbocycles. The molecule has 108 valence electrons. The number of rotatable bonds is 3. The van der Waals surface area contributed by atoms with E-state index in [1.807, 2.05) is 42.5 Å². The van der Waals surface area contributed by atoms with E-state index in [-0.39, 0.29) is 0 Å². The maximum atomic E-state index is 10.7. The Morgan fingerprint density at radius 1 is 1.24 bits per heavy atom. The minimum absolute atomic E-state index is 0.343. The summed E-state index contributed by atoms with van der Waals surface area (Å²) in [5.41, 5.74) is 7.08. The third-order valence-corrected chi connectivity index (χ3v) is 3.94. The number of hydrogen-bond acceptors (Lipinski definition) is 5. The van der Waals surface area contributed by atoms with Crippen LogP contribution in [-0.4, -0.2) is 34.2 Å². The lowest BCUT2D eigenvalue weighted by Crippen LogP contribution is -2.45. The van der Waals surface area contributed by atoms with Gasteiger partial charge in [0.2, 0.25) is 0 Å². The molecule has 0 fully saturated rings. The van der Waals surface area contributed by atoms with Gasteiger partial charge in [-0.05, 0) is 17.2 Å². The van der Waals surface area contributed by atoms with Crippen molar-refractivity contribution in [3.05, 3.63) is 66.0 Å². The van der Waals surface area contributed by atoms with E-state index in [4.69, 9.17) is 5.73 Å². The fourth-order valence-electron chi connectivity index (χ4n) is 2.77. The summed E-state index contributed by atoms with van der Waals surface area (Å²) in [6.07, 6.45) is 3.26. The average Bonchev–Trinajstić information content (AvgIpc) is 2.74. The second kappa shape index (κ2) is 5.18. The van der Waals surface area contributed by atoms with Gasteiger partial charge in [-0.1, -0.05) is 36.4 Å². The van der Waals surface area contributed by atoms with Crippen LogP contribution >= 0.6 is 0 Å². The lowest BCUT2D eigenvalue weighted by atomic mass is 9.83. The van der Waals surface area contributed by atoms with Crippen LogP contribution in [0.4, 0.5) is 0 Å². The van der Waals surface area contributed by atoms with Crippen LogP contribution in [0.25, 0.3) is 0 Å². The van der Waals surface area contributed by atoms with Crippen LogP contribution in [0, 0.1) is 0 Å². The monoisotopic (exact) mass is 282 g/mol. The largest absolute Gasteiger partial charge is 0.371 e. The molecule has 2 atom stereocenters. The quantitative estimate of drug-likeness (QED) is 0.884. The molecular weight excluding hydrogens is 264 g/mol. The highest BCUT2D eigenvalue weighted by atomic mass is 16.3. The van der Waals surface area contributed by atoms with E-state index in [1.165, 1.54) is 0 Å². The third kappa shape index (κ3) is 2.25. The van der Waals surface area contributed by atoms with Crippen LogP contribution in [0.1, 0.15) is 11.1 Å². The number of hydrogen-bond donors (Lipinski definition) is 2. The van der Waals surface area contributed by atoms with Crippen LogP contribution in [0.5, 0.6) is 0 Å². The molecule has 2 aromatic rings. The van der Waals surface area contributed by atoms with Crippen molar-refractivity contribution in [2.45, 2.75) is 18.2 Å². The van der Waals surface area contributed by atoms with E-state index < -0.39 is 11.8 Å². The van der Waals surface area contributed by atoms with Crippen LogP contribution in [0.2, 0.25) is 0 Å². The van der Waals surface area contributed by atoms with Gasteiger partial charge in [0.25, 0.3) is 0 Å². The molecule has 5 nitrogen and oxygen atoms in total. The first-order valence-electron chi connectivity index (χ1n) is 6.84. The Labute approximate surface area is 123 Å². The molecule has 0 bridgehead atoms. The number of aromatic nitrogens is 1. The van der Waals surface area contributed by atoms with Gasteiger partial charge in [-0.3, -0.25) is 4.98 Å². The molecule has 0 amide bonds. The zero-order valence-electron chi connectivity index (χ0n) is 11.8. The fourth-order valence-corrected chi connectivity index (χ4v) is 2.77. The number of aliphatic hydroxyl groups is 1. The minimum Gasteiger partial charge on any atom is -0.371 e. The average molecular weight is 282 g/mol. The molecule has 2 unspecified atom stereocenters. The van der Waals surface area contributed by atoms with Crippen molar-refractivity contribution in [3.8, 4) is 0 Å². The predicted molar refractivity (Wildman–Crippen MR) is 81.5 cm³/mol. The fraction of sp³-hybridized carbons (Fsp3) is 0.250. The van der Waals surface area contributed by atoms with E-state index in [9.17, 15) is 5.11 Å². The van der Waals surface area contributed by atoms with E-state index in [0.717, 1.165) is 11.1 Å². The number of likely N-dealkylation sites (N-methyl/N-ethyl adjacent to an activating group) is 1. The van der Waals surface area contributed by atoms with Crippen molar-refractivity contribution in [2.24, 2.45) is 10.7 Å². The number of aliphatic hydroxyl groups excluding tert-OH is 1. The van der Waals surface area contributed by atoms with Gasteiger partial charge in [-0.25, -0.2) is 4.99 Å². The summed E-state index contributed by atoms with van der Waals surface area (Å²) in [6, 6.07) is 13.6. The SMILES string of the molecule is CN1C(N)=NC(Cc2cccnc2)(c2ccccc2)C1O. The Hall–Kier alpha value is -2.40. The van der Waals surface area contributed by atoms with Crippen LogP contribution in [0.15, 0.2) is 59.9 Å². The highest BCUT2D eigenvalue weighted by molar-refractivity contribution is 5.81. The second-order valence-electron chi connectivity index (χ2n) is 5.28. The smallest absolute Gasteiger partial charge is 0.194 e. The standard InChI is InChI=1S/C16H18N4O/c1-20-14(21)16(19-15(20)17,13-7-3-2-4-8-13)10-12-6-5-9-18-11-12/h2-9,11,14,21H,10H2,1H3,(H2,17,19). The van der Waals surface area contributed by atoms with E-state index in [0.29, 0.717) is 12.4 Å². The zero-order chi connectivity index (χ0) is 14.9. The lowest BCUT2D eigenvalue weighted by Gasteiger charge is -2.32. The van der Waals surface area contributed by atoms with Gasteiger partial charge in [0, 0.05) is 25.9 Å². The molecule has 1 aromatic heterocycles. The third-order valence-electron chi connectivity index (χ3n) is 3.94. The molecule has 3 rings (SSSR count). The van der Waals surface area contributed by atoms with Crippen LogP contribution in [0.3, 0.4) is 0 Å².